The van der Waals surface area contributed by atoms with Crippen molar-refractivity contribution < 1.29 is 18.7 Å². The summed E-state index contributed by atoms with van der Waals surface area (Å²) in [5.74, 6) is -1.00. The lowest BCUT2D eigenvalue weighted by atomic mass is 10.1. The fraction of sp³-hybridized carbons (Fsp3) is 0.320. The van der Waals surface area contributed by atoms with E-state index < -0.39 is 17.5 Å². The van der Waals surface area contributed by atoms with E-state index in [9.17, 15) is 14.4 Å². The third-order valence-corrected chi connectivity index (χ3v) is 5.91. The Hall–Kier alpha value is -3.41. The second kappa shape index (κ2) is 8.76. The molecule has 6 nitrogen and oxygen atoms in total. The van der Waals surface area contributed by atoms with E-state index in [1.165, 1.54) is 6.07 Å². The van der Waals surface area contributed by atoms with Gasteiger partial charge in [0, 0.05) is 30.0 Å². The van der Waals surface area contributed by atoms with Crippen molar-refractivity contribution in [2.45, 2.75) is 39.3 Å². The Kier molecular flexibility index (Phi) is 5.89. The van der Waals surface area contributed by atoms with Gasteiger partial charge in [0.15, 0.2) is 0 Å². The number of ether oxygens (including phenoxy) is 1. The van der Waals surface area contributed by atoms with Crippen molar-refractivity contribution in [2.24, 2.45) is 5.92 Å². The van der Waals surface area contributed by atoms with Crippen LogP contribution in [0.15, 0.2) is 63.8 Å². The lowest BCUT2D eigenvalue weighted by molar-refractivity contribution is -0.149. The van der Waals surface area contributed by atoms with Gasteiger partial charge in [0.05, 0.1) is 12.0 Å². The van der Waals surface area contributed by atoms with E-state index in [1.54, 1.807) is 4.90 Å². The highest BCUT2D eigenvalue weighted by Gasteiger charge is 2.38. The van der Waals surface area contributed by atoms with Gasteiger partial charge in [-0.25, -0.2) is 4.79 Å². The maximum atomic E-state index is 12.7. The molecule has 4 rings (SSSR count). The molecule has 1 fully saturated rings. The second-order valence-electron chi connectivity index (χ2n) is 7.92. The van der Waals surface area contributed by atoms with Crippen LogP contribution in [-0.4, -0.2) is 23.3 Å². The molecule has 1 aliphatic heterocycles. The lowest BCUT2D eigenvalue weighted by Crippen LogP contribution is -2.29. The average Bonchev–Trinajstić information content (AvgIpc) is 3.18. The normalized spacial score (nSPS) is 17.2. The van der Waals surface area contributed by atoms with Crippen LogP contribution in [0.1, 0.15) is 43.0 Å². The standard InChI is InChI=1S/C25H25NO5/c1-3-17-9-10-21-20(13-24(28)31-22(21)11-17)15-30-25(29)19-12-23(27)26(14-19)16(2)18-7-5-4-6-8-18/h4-11,13,16,19H,3,12,14-15H2,1-2H3/t16-,19+/m1/s1. The highest BCUT2D eigenvalue weighted by atomic mass is 16.5. The monoisotopic (exact) mass is 419 g/mol. The van der Waals surface area contributed by atoms with Crippen LogP contribution >= 0.6 is 0 Å². The summed E-state index contributed by atoms with van der Waals surface area (Å²) in [6, 6.07) is 16.7. The van der Waals surface area contributed by atoms with Crippen molar-refractivity contribution in [3.05, 3.63) is 81.7 Å². The zero-order chi connectivity index (χ0) is 22.0. The molecule has 2 heterocycles. The first kappa shape index (κ1) is 20.8. The molecule has 0 aliphatic carbocycles. The maximum Gasteiger partial charge on any atom is 0.336 e. The smallest absolute Gasteiger partial charge is 0.336 e. The number of hydrogen-bond acceptors (Lipinski definition) is 5. The van der Waals surface area contributed by atoms with Gasteiger partial charge < -0.3 is 14.1 Å². The van der Waals surface area contributed by atoms with Gasteiger partial charge in [0.1, 0.15) is 12.2 Å². The van der Waals surface area contributed by atoms with Crippen LogP contribution in [0.3, 0.4) is 0 Å². The molecule has 0 radical (unpaired) electrons. The number of amides is 1. The van der Waals surface area contributed by atoms with Crippen molar-refractivity contribution in [3.8, 4) is 0 Å². The lowest BCUT2D eigenvalue weighted by Gasteiger charge is -2.25. The van der Waals surface area contributed by atoms with Gasteiger partial charge >= 0.3 is 11.6 Å². The van der Waals surface area contributed by atoms with Crippen molar-refractivity contribution in [3.63, 3.8) is 0 Å². The summed E-state index contributed by atoms with van der Waals surface area (Å²) < 4.78 is 10.8. The molecule has 6 heteroatoms. The fourth-order valence-electron chi connectivity index (χ4n) is 4.06. The number of esters is 1. The summed E-state index contributed by atoms with van der Waals surface area (Å²) in [7, 11) is 0. The number of nitrogens with zero attached hydrogens (tertiary/aromatic N) is 1. The number of hydrogen-bond donors (Lipinski definition) is 0. The number of carbonyl (C=O) groups excluding carboxylic acids is 2. The molecule has 2 atom stereocenters. The highest BCUT2D eigenvalue weighted by Crippen LogP contribution is 2.29. The van der Waals surface area contributed by atoms with Crippen LogP contribution in [0.25, 0.3) is 11.0 Å². The molecule has 2 aromatic carbocycles. The molecule has 1 saturated heterocycles. The summed E-state index contributed by atoms with van der Waals surface area (Å²) in [5, 5.41) is 0.742. The summed E-state index contributed by atoms with van der Waals surface area (Å²) in [4.78, 5) is 38.9. The number of aryl methyl sites for hydroxylation is 1. The zero-order valence-electron chi connectivity index (χ0n) is 17.7. The Labute approximate surface area is 180 Å². The third-order valence-electron chi connectivity index (χ3n) is 5.91. The molecular formula is C25H25NO5. The van der Waals surface area contributed by atoms with Gasteiger partial charge in [0.2, 0.25) is 5.91 Å². The van der Waals surface area contributed by atoms with E-state index >= 15 is 0 Å². The molecule has 31 heavy (non-hydrogen) atoms. The van der Waals surface area contributed by atoms with Gasteiger partial charge in [-0.15, -0.1) is 0 Å². The summed E-state index contributed by atoms with van der Waals surface area (Å²) in [5.41, 5.74) is 2.68. The van der Waals surface area contributed by atoms with E-state index in [4.69, 9.17) is 9.15 Å². The summed E-state index contributed by atoms with van der Waals surface area (Å²) in [6.07, 6.45) is 0.958. The maximum absolute atomic E-state index is 12.7. The summed E-state index contributed by atoms with van der Waals surface area (Å²) in [6.45, 7) is 4.27. The minimum absolute atomic E-state index is 0.0364. The predicted molar refractivity (Wildman–Crippen MR) is 116 cm³/mol. The minimum Gasteiger partial charge on any atom is -0.461 e. The zero-order valence-corrected chi connectivity index (χ0v) is 17.7. The third kappa shape index (κ3) is 4.38. The van der Waals surface area contributed by atoms with Gasteiger partial charge in [0.25, 0.3) is 0 Å². The fourth-order valence-corrected chi connectivity index (χ4v) is 4.06. The first-order chi connectivity index (χ1) is 15.0. The van der Waals surface area contributed by atoms with E-state index in [0.717, 1.165) is 22.9 Å². The van der Waals surface area contributed by atoms with Crippen LogP contribution in [0.2, 0.25) is 0 Å². The Morgan fingerprint density at radius 1 is 1.16 bits per heavy atom. The molecular weight excluding hydrogens is 394 g/mol. The topological polar surface area (TPSA) is 76.8 Å². The minimum atomic E-state index is -0.517. The molecule has 0 saturated carbocycles. The molecule has 1 aromatic heterocycles. The number of carbonyl (C=O) groups is 2. The van der Waals surface area contributed by atoms with Crippen LogP contribution in [0.4, 0.5) is 0 Å². The van der Waals surface area contributed by atoms with E-state index in [2.05, 4.69) is 0 Å². The Balaban J connectivity index is 1.45. The Morgan fingerprint density at radius 2 is 1.94 bits per heavy atom. The average molecular weight is 419 g/mol. The molecule has 160 valence electrons. The highest BCUT2D eigenvalue weighted by molar-refractivity contribution is 5.87. The molecule has 0 bridgehead atoms. The van der Waals surface area contributed by atoms with Gasteiger partial charge in [-0.2, -0.15) is 0 Å². The molecule has 1 aliphatic rings. The van der Waals surface area contributed by atoms with E-state index in [1.807, 2.05) is 62.4 Å². The predicted octanol–water partition coefficient (Wildman–Crippen LogP) is 4.01. The first-order valence-electron chi connectivity index (χ1n) is 10.5. The van der Waals surface area contributed by atoms with Gasteiger partial charge in [-0.3, -0.25) is 9.59 Å². The van der Waals surface area contributed by atoms with Crippen molar-refractivity contribution in [1.29, 1.82) is 0 Å². The van der Waals surface area contributed by atoms with Gasteiger partial charge in [-0.1, -0.05) is 49.4 Å². The van der Waals surface area contributed by atoms with E-state index in [0.29, 0.717) is 17.7 Å². The van der Waals surface area contributed by atoms with Crippen molar-refractivity contribution in [2.75, 3.05) is 6.54 Å². The van der Waals surface area contributed by atoms with Crippen LogP contribution in [0, 0.1) is 5.92 Å². The molecule has 1 amide bonds. The number of rotatable bonds is 6. The SMILES string of the molecule is CCc1ccc2c(COC(=O)[C@H]3CC(=O)N([C@H](C)c4ccccc4)C3)cc(=O)oc2c1. The van der Waals surface area contributed by atoms with E-state index in [-0.39, 0.29) is 25.0 Å². The van der Waals surface area contributed by atoms with Crippen molar-refractivity contribution in [1.82, 2.24) is 4.90 Å². The number of fused-ring (bicyclic) bond motifs is 1. The Bertz CT molecular complexity index is 1170. The number of benzene rings is 2. The molecule has 0 spiro atoms. The van der Waals surface area contributed by atoms with Crippen LogP contribution in [0.5, 0.6) is 0 Å². The van der Waals surface area contributed by atoms with Gasteiger partial charge in [-0.05, 0) is 30.5 Å². The van der Waals surface area contributed by atoms with Crippen LogP contribution < -0.4 is 5.63 Å². The van der Waals surface area contributed by atoms with Crippen LogP contribution in [-0.2, 0) is 27.4 Å². The summed E-state index contributed by atoms with van der Waals surface area (Å²) >= 11 is 0. The quantitative estimate of drug-likeness (QED) is 0.446. The first-order valence-corrected chi connectivity index (χ1v) is 10.5. The molecule has 0 unspecified atom stereocenters. The van der Waals surface area contributed by atoms with Crippen molar-refractivity contribution >= 4 is 22.8 Å². The molecule has 3 aromatic rings. The largest absolute Gasteiger partial charge is 0.461 e. The second-order valence-corrected chi connectivity index (χ2v) is 7.92. The number of likely N-dealkylation sites (tertiary alicyclic amines) is 1. The molecule has 0 N–H and O–H groups in total. The Morgan fingerprint density at radius 3 is 2.68 bits per heavy atom.